The molecule has 1 N–H and O–H groups in total. The number of rotatable bonds is 4. The van der Waals surface area contributed by atoms with Gasteiger partial charge in [-0.1, -0.05) is 17.7 Å². The van der Waals surface area contributed by atoms with Crippen molar-refractivity contribution in [1.29, 1.82) is 0 Å². The molecule has 0 unspecified atom stereocenters. The van der Waals surface area contributed by atoms with Crippen molar-refractivity contribution >= 4 is 28.9 Å². The molecule has 1 aromatic heterocycles. The third kappa shape index (κ3) is 3.46. The molecule has 0 aliphatic carbocycles. The number of methoxy groups -OCH3 is 1. The first-order chi connectivity index (χ1) is 10.0. The van der Waals surface area contributed by atoms with Crippen LogP contribution in [0.5, 0.6) is 5.75 Å². The molecule has 21 heavy (non-hydrogen) atoms. The average Bonchev–Trinajstić information content (AvgIpc) is 2.47. The van der Waals surface area contributed by atoms with Crippen molar-refractivity contribution in [3.63, 3.8) is 0 Å². The first kappa shape index (κ1) is 14.7. The summed E-state index contributed by atoms with van der Waals surface area (Å²) in [7, 11) is 1.50. The molecule has 2 aromatic rings. The maximum Gasteiger partial charge on any atom is 0.288 e. The lowest BCUT2D eigenvalue weighted by molar-refractivity contribution is -0.385. The molecular formula is C13H10ClN3O4. The Labute approximate surface area is 124 Å². The Kier molecular flexibility index (Phi) is 4.34. The van der Waals surface area contributed by atoms with Gasteiger partial charge in [0.15, 0.2) is 0 Å². The molecule has 0 radical (unpaired) electrons. The molecule has 1 amide bonds. The van der Waals surface area contributed by atoms with Crippen LogP contribution in [-0.4, -0.2) is 22.9 Å². The Balaban J connectivity index is 2.27. The predicted octanol–water partition coefficient (Wildman–Crippen LogP) is 2.90. The van der Waals surface area contributed by atoms with Crippen LogP contribution >= 0.6 is 11.6 Å². The molecule has 2 rings (SSSR count). The second-order valence-electron chi connectivity index (χ2n) is 3.98. The summed E-state index contributed by atoms with van der Waals surface area (Å²) in [5.74, 6) is -0.0273. The van der Waals surface area contributed by atoms with E-state index in [4.69, 9.17) is 16.3 Å². The van der Waals surface area contributed by atoms with Gasteiger partial charge in [-0.3, -0.25) is 14.9 Å². The van der Waals surface area contributed by atoms with Crippen molar-refractivity contribution in [3.8, 4) is 5.75 Å². The third-order valence-electron chi connectivity index (χ3n) is 2.61. The van der Waals surface area contributed by atoms with Gasteiger partial charge in [0.25, 0.3) is 11.6 Å². The van der Waals surface area contributed by atoms with Crippen LogP contribution in [0.3, 0.4) is 0 Å². The number of anilines is 1. The molecule has 1 heterocycles. The van der Waals surface area contributed by atoms with E-state index in [0.717, 1.165) is 12.3 Å². The van der Waals surface area contributed by atoms with Gasteiger partial charge in [-0.25, -0.2) is 4.98 Å². The fraction of sp³-hybridized carbons (Fsp3) is 0.0769. The van der Waals surface area contributed by atoms with E-state index >= 15 is 0 Å². The summed E-state index contributed by atoms with van der Waals surface area (Å²) in [4.78, 5) is 25.8. The molecule has 0 spiro atoms. The summed E-state index contributed by atoms with van der Waals surface area (Å²) >= 11 is 5.80. The lowest BCUT2D eigenvalue weighted by atomic mass is 10.2. The summed E-state index contributed by atoms with van der Waals surface area (Å²) in [5, 5.41) is 13.2. The molecule has 0 atom stereocenters. The van der Waals surface area contributed by atoms with E-state index in [1.807, 2.05) is 0 Å². The summed E-state index contributed by atoms with van der Waals surface area (Å²) in [6.07, 6.45) is 0.991. The Morgan fingerprint density at radius 3 is 2.86 bits per heavy atom. The monoisotopic (exact) mass is 307 g/mol. The first-order valence-electron chi connectivity index (χ1n) is 5.76. The van der Waals surface area contributed by atoms with Crippen molar-refractivity contribution < 1.29 is 14.5 Å². The summed E-state index contributed by atoms with van der Waals surface area (Å²) in [6, 6.07) is 7.75. The standard InChI is InChI=1S/C13H10ClN3O4/c1-21-10-4-2-3-8(5-10)16-13(18)11-6-9(17(19)20)7-15-12(11)14/h2-7H,1H3,(H,16,18). The number of hydrogen-bond acceptors (Lipinski definition) is 5. The summed E-state index contributed by atoms with van der Waals surface area (Å²) < 4.78 is 5.04. The van der Waals surface area contributed by atoms with Crippen LogP contribution in [0.15, 0.2) is 36.5 Å². The number of nitrogens with zero attached hydrogens (tertiary/aromatic N) is 2. The van der Waals surface area contributed by atoms with Crippen molar-refractivity contribution in [2.24, 2.45) is 0 Å². The molecule has 0 saturated carbocycles. The molecule has 0 bridgehead atoms. The van der Waals surface area contributed by atoms with Crippen molar-refractivity contribution in [2.45, 2.75) is 0 Å². The Bertz CT molecular complexity index is 706. The summed E-state index contributed by atoms with van der Waals surface area (Å²) in [6.45, 7) is 0. The average molecular weight is 308 g/mol. The Hall–Kier alpha value is -2.67. The normalized spacial score (nSPS) is 10.0. The van der Waals surface area contributed by atoms with Gasteiger partial charge in [0.1, 0.15) is 17.1 Å². The largest absolute Gasteiger partial charge is 0.497 e. The highest BCUT2D eigenvalue weighted by atomic mass is 35.5. The van der Waals surface area contributed by atoms with Gasteiger partial charge in [0, 0.05) is 17.8 Å². The van der Waals surface area contributed by atoms with E-state index in [1.165, 1.54) is 7.11 Å². The first-order valence-corrected chi connectivity index (χ1v) is 6.14. The van der Waals surface area contributed by atoms with Gasteiger partial charge < -0.3 is 10.1 Å². The molecule has 0 aliphatic rings. The second-order valence-corrected chi connectivity index (χ2v) is 4.33. The zero-order valence-electron chi connectivity index (χ0n) is 10.9. The van der Waals surface area contributed by atoms with Crippen LogP contribution in [0.25, 0.3) is 0 Å². The lowest BCUT2D eigenvalue weighted by Gasteiger charge is -2.07. The molecule has 0 fully saturated rings. The number of aromatic nitrogens is 1. The zero-order chi connectivity index (χ0) is 15.4. The topological polar surface area (TPSA) is 94.4 Å². The highest BCUT2D eigenvalue weighted by Crippen LogP contribution is 2.22. The SMILES string of the molecule is COc1cccc(NC(=O)c2cc([N+](=O)[O-])cnc2Cl)c1. The van der Waals surface area contributed by atoms with Gasteiger partial charge in [-0.15, -0.1) is 0 Å². The molecular weight excluding hydrogens is 298 g/mol. The molecule has 0 aliphatic heterocycles. The fourth-order valence-corrected chi connectivity index (χ4v) is 1.78. The van der Waals surface area contributed by atoms with E-state index in [1.54, 1.807) is 24.3 Å². The molecule has 108 valence electrons. The van der Waals surface area contributed by atoms with E-state index < -0.39 is 10.8 Å². The maximum absolute atomic E-state index is 12.1. The number of hydrogen-bond donors (Lipinski definition) is 1. The zero-order valence-corrected chi connectivity index (χ0v) is 11.6. The maximum atomic E-state index is 12.1. The number of carbonyl (C=O) groups excluding carboxylic acids is 1. The third-order valence-corrected chi connectivity index (χ3v) is 2.91. The second kappa shape index (κ2) is 6.19. The Morgan fingerprint density at radius 2 is 2.19 bits per heavy atom. The van der Waals surface area contributed by atoms with E-state index in [-0.39, 0.29) is 16.4 Å². The summed E-state index contributed by atoms with van der Waals surface area (Å²) in [5.41, 5.74) is 0.0887. The molecule has 7 nitrogen and oxygen atoms in total. The predicted molar refractivity (Wildman–Crippen MR) is 76.8 cm³/mol. The minimum atomic E-state index is -0.647. The van der Waals surface area contributed by atoms with Crippen molar-refractivity contribution in [1.82, 2.24) is 4.98 Å². The number of ether oxygens (including phenoxy) is 1. The minimum absolute atomic E-state index is 0.0753. The highest BCUT2D eigenvalue weighted by Gasteiger charge is 2.17. The van der Waals surface area contributed by atoms with Crippen LogP contribution in [0, 0.1) is 10.1 Å². The van der Waals surface area contributed by atoms with Gasteiger partial charge >= 0.3 is 0 Å². The van der Waals surface area contributed by atoms with Gasteiger partial charge in [-0.05, 0) is 12.1 Å². The highest BCUT2D eigenvalue weighted by molar-refractivity contribution is 6.33. The van der Waals surface area contributed by atoms with Gasteiger partial charge in [-0.2, -0.15) is 0 Å². The number of amides is 1. The Morgan fingerprint density at radius 1 is 1.43 bits per heavy atom. The van der Waals surface area contributed by atoms with Crippen LogP contribution < -0.4 is 10.1 Å². The number of benzene rings is 1. The van der Waals surface area contributed by atoms with Gasteiger partial charge in [0.05, 0.1) is 17.6 Å². The number of nitrogens with one attached hydrogen (secondary N) is 1. The van der Waals surface area contributed by atoms with Crippen LogP contribution in [0.4, 0.5) is 11.4 Å². The smallest absolute Gasteiger partial charge is 0.288 e. The quantitative estimate of drug-likeness (QED) is 0.532. The molecule has 1 aromatic carbocycles. The van der Waals surface area contributed by atoms with E-state index in [2.05, 4.69) is 10.3 Å². The molecule has 0 saturated heterocycles. The lowest BCUT2D eigenvalue weighted by Crippen LogP contribution is -2.13. The van der Waals surface area contributed by atoms with Crippen LogP contribution in [-0.2, 0) is 0 Å². The van der Waals surface area contributed by atoms with Crippen LogP contribution in [0.1, 0.15) is 10.4 Å². The number of halogens is 1. The number of nitro groups is 1. The van der Waals surface area contributed by atoms with Gasteiger partial charge in [0.2, 0.25) is 0 Å². The fourth-order valence-electron chi connectivity index (χ4n) is 1.60. The number of carbonyl (C=O) groups is 1. The number of pyridine rings is 1. The van der Waals surface area contributed by atoms with Crippen LogP contribution in [0.2, 0.25) is 5.15 Å². The molecule has 8 heteroatoms. The van der Waals surface area contributed by atoms with E-state index in [9.17, 15) is 14.9 Å². The van der Waals surface area contributed by atoms with Crippen molar-refractivity contribution in [3.05, 3.63) is 57.4 Å². The minimum Gasteiger partial charge on any atom is -0.497 e. The van der Waals surface area contributed by atoms with E-state index in [0.29, 0.717) is 11.4 Å². The van der Waals surface area contributed by atoms with Crippen molar-refractivity contribution in [2.75, 3.05) is 12.4 Å².